The van der Waals surface area contributed by atoms with E-state index in [-0.39, 0.29) is 29.5 Å². The number of fused-ring (bicyclic) bond motifs is 4. The van der Waals surface area contributed by atoms with Crippen LogP contribution in [0.3, 0.4) is 0 Å². The Kier molecular flexibility index (Phi) is 8.31. The lowest BCUT2D eigenvalue weighted by Crippen LogP contribution is -2.46. The summed E-state index contributed by atoms with van der Waals surface area (Å²) in [6, 6.07) is 8.25. The largest absolute Gasteiger partial charge is 0.497 e. The highest BCUT2D eigenvalue weighted by atomic mass is 19.1. The number of ether oxygens (including phenoxy) is 2. The molecule has 1 unspecified atom stereocenters. The number of hydrogen-bond donors (Lipinski definition) is 1. The molecule has 230 valence electrons. The number of benzene rings is 2. The molecule has 2 aromatic rings. The highest BCUT2D eigenvalue weighted by Gasteiger charge is 2.46. The fourth-order valence-electron chi connectivity index (χ4n) is 7.38. The molecule has 2 aromatic carbocycles. The van der Waals surface area contributed by atoms with Gasteiger partial charge in [0.25, 0.3) is 5.91 Å². The summed E-state index contributed by atoms with van der Waals surface area (Å²) in [7, 11) is 3.17. The van der Waals surface area contributed by atoms with Gasteiger partial charge < -0.3 is 34.3 Å². The Morgan fingerprint density at radius 3 is 2.65 bits per heavy atom. The first-order chi connectivity index (χ1) is 20.9. The number of carbonyl (C=O) groups excluding carboxylic acids is 3. The van der Waals surface area contributed by atoms with E-state index in [1.165, 1.54) is 11.6 Å². The van der Waals surface area contributed by atoms with Crippen LogP contribution in [0.25, 0.3) is 0 Å². The predicted molar refractivity (Wildman–Crippen MR) is 160 cm³/mol. The van der Waals surface area contributed by atoms with Crippen LogP contribution >= 0.6 is 0 Å². The fourth-order valence-corrected chi connectivity index (χ4v) is 7.38. The predicted octanol–water partition coefficient (Wildman–Crippen LogP) is 3.53. The van der Waals surface area contributed by atoms with Gasteiger partial charge in [0.15, 0.2) is 0 Å². The quantitative estimate of drug-likeness (QED) is 0.446. The summed E-state index contributed by atoms with van der Waals surface area (Å²) in [5, 5.41) is 2.57. The number of methoxy groups -OCH3 is 1. The molecule has 4 aliphatic rings. The molecule has 4 heterocycles. The van der Waals surface area contributed by atoms with E-state index in [0.29, 0.717) is 42.5 Å². The van der Waals surface area contributed by atoms with Crippen molar-refractivity contribution in [1.29, 1.82) is 0 Å². The molecular weight excluding hydrogens is 551 g/mol. The van der Waals surface area contributed by atoms with Gasteiger partial charge in [0, 0.05) is 61.3 Å². The van der Waals surface area contributed by atoms with Crippen LogP contribution in [0, 0.1) is 11.7 Å². The minimum Gasteiger partial charge on any atom is -0.497 e. The van der Waals surface area contributed by atoms with E-state index in [0.717, 1.165) is 76.0 Å². The molecule has 10 heteroatoms. The van der Waals surface area contributed by atoms with Crippen molar-refractivity contribution in [3.05, 3.63) is 52.8 Å². The molecule has 2 fully saturated rings. The molecular formula is C33H41FN4O5. The Balaban J connectivity index is 1.05. The highest BCUT2D eigenvalue weighted by Crippen LogP contribution is 2.49. The van der Waals surface area contributed by atoms with Gasteiger partial charge in [-0.15, -0.1) is 0 Å². The summed E-state index contributed by atoms with van der Waals surface area (Å²) in [6.07, 6.45) is 5.31. The SMILES string of the molecule is CNC(=O)CCC(C=O)N1Cc2c(ccc3c2OCC32CCN(CC3CCN(c4cc(OC)ccc4F)CC3)CC2)C1=O. The average molecular weight is 593 g/mol. The monoisotopic (exact) mass is 592 g/mol. The van der Waals surface area contributed by atoms with Gasteiger partial charge in [-0.25, -0.2) is 4.39 Å². The van der Waals surface area contributed by atoms with Crippen LogP contribution in [-0.4, -0.2) is 87.4 Å². The van der Waals surface area contributed by atoms with Crippen molar-refractivity contribution in [2.45, 2.75) is 56.5 Å². The second kappa shape index (κ2) is 12.1. The maximum absolute atomic E-state index is 14.5. The standard InChI is InChI=1S/C33H41FN4O5/c1-35-30(40)8-3-23(20-39)38-19-26-25(32(38)41)5-6-27-31(26)43-21-33(27)11-15-36(16-12-33)18-22-9-13-37(14-10-22)29-17-24(42-2)4-7-28(29)34/h4-7,17,20,22-23H,3,8-16,18-19,21H2,1-2H3,(H,35,40). The number of piperidine rings is 2. The van der Waals surface area contributed by atoms with Crippen LogP contribution in [-0.2, 0) is 21.5 Å². The van der Waals surface area contributed by atoms with Gasteiger partial charge in [0.2, 0.25) is 5.91 Å². The number of anilines is 1. The molecule has 1 atom stereocenters. The number of likely N-dealkylation sites (tertiary alicyclic amines) is 1. The number of nitrogens with one attached hydrogen (secondary N) is 1. The van der Waals surface area contributed by atoms with Gasteiger partial charge in [0.05, 0.1) is 32.0 Å². The lowest BCUT2D eigenvalue weighted by molar-refractivity contribution is -0.121. The van der Waals surface area contributed by atoms with E-state index in [1.807, 2.05) is 6.07 Å². The van der Waals surface area contributed by atoms with Crippen molar-refractivity contribution in [3.8, 4) is 11.5 Å². The zero-order chi connectivity index (χ0) is 30.1. The molecule has 0 aliphatic carbocycles. The Labute approximate surface area is 252 Å². The smallest absolute Gasteiger partial charge is 0.255 e. The van der Waals surface area contributed by atoms with Crippen LogP contribution in [0.1, 0.15) is 60.0 Å². The second-order valence-electron chi connectivity index (χ2n) is 12.4. The summed E-state index contributed by atoms with van der Waals surface area (Å²) >= 11 is 0. The van der Waals surface area contributed by atoms with Gasteiger partial charge in [-0.3, -0.25) is 9.59 Å². The molecule has 1 N–H and O–H groups in total. The highest BCUT2D eigenvalue weighted by molar-refractivity contribution is 6.00. The summed E-state index contributed by atoms with van der Waals surface area (Å²) in [5.74, 6) is 1.55. The molecule has 0 aromatic heterocycles. The van der Waals surface area contributed by atoms with Gasteiger partial charge in [0.1, 0.15) is 23.6 Å². The third-order valence-electron chi connectivity index (χ3n) is 10.1. The number of halogens is 1. The van der Waals surface area contributed by atoms with Gasteiger partial charge in [-0.05, 0) is 69.3 Å². The normalized spacial score (nSPS) is 20.5. The number of carbonyl (C=O) groups is 3. The van der Waals surface area contributed by atoms with Crippen molar-refractivity contribution in [2.24, 2.45) is 5.92 Å². The van der Waals surface area contributed by atoms with Crippen LogP contribution in [0.5, 0.6) is 11.5 Å². The maximum atomic E-state index is 14.5. The van der Waals surface area contributed by atoms with E-state index < -0.39 is 6.04 Å². The molecule has 43 heavy (non-hydrogen) atoms. The second-order valence-corrected chi connectivity index (χ2v) is 12.4. The minimum atomic E-state index is -0.645. The number of aldehydes is 1. The van der Waals surface area contributed by atoms with Crippen LogP contribution < -0.4 is 19.7 Å². The molecule has 2 amide bonds. The fraction of sp³-hybridized carbons (Fsp3) is 0.545. The van der Waals surface area contributed by atoms with E-state index in [1.54, 1.807) is 31.2 Å². The maximum Gasteiger partial charge on any atom is 0.255 e. The third-order valence-corrected chi connectivity index (χ3v) is 10.1. The van der Waals surface area contributed by atoms with E-state index in [2.05, 4.69) is 21.2 Å². The van der Waals surface area contributed by atoms with Crippen molar-refractivity contribution in [2.75, 3.05) is 58.4 Å². The first kappa shape index (κ1) is 29.4. The van der Waals surface area contributed by atoms with E-state index >= 15 is 0 Å². The van der Waals surface area contributed by atoms with Crippen molar-refractivity contribution >= 4 is 23.8 Å². The van der Waals surface area contributed by atoms with Gasteiger partial charge >= 0.3 is 0 Å². The average Bonchev–Trinajstić information content (AvgIpc) is 3.57. The van der Waals surface area contributed by atoms with E-state index in [9.17, 15) is 18.8 Å². The molecule has 0 radical (unpaired) electrons. The summed E-state index contributed by atoms with van der Waals surface area (Å²) in [4.78, 5) is 43.1. The molecule has 6 rings (SSSR count). The Bertz CT molecular complexity index is 1380. The van der Waals surface area contributed by atoms with Crippen molar-refractivity contribution < 1.29 is 28.2 Å². The number of rotatable bonds is 9. The first-order valence-corrected chi connectivity index (χ1v) is 15.4. The zero-order valence-electron chi connectivity index (χ0n) is 25.1. The minimum absolute atomic E-state index is 0.0616. The summed E-state index contributed by atoms with van der Waals surface area (Å²) < 4.78 is 26.1. The van der Waals surface area contributed by atoms with Crippen LogP contribution in [0.15, 0.2) is 30.3 Å². The van der Waals surface area contributed by atoms with Crippen molar-refractivity contribution in [3.63, 3.8) is 0 Å². The summed E-state index contributed by atoms with van der Waals surface area (Å²) in [6.45, 7) is 5.64. The van der Waals surface area contributed by atoms with Gasteiger partial charge in [-0.2, -0.15) is 0 Å². The molecule has 0 saturated carbocycles. The molecule has 2 saturated heterocycles. The Hall–Kier alpha value is -3.66. The Morgan fingerprint density at radius 2 is 1.95 bits per heavy atom. The zero-order valence-corrected chi connectivity index (χ0v) is 25.1. The summed E-state index contributed by atoms with van der Waals surface area (Å²) in [5.41, 5.74) is 3.21. The van der Waals surface area contributed by atoms with E-state index in [4.69, 9.17) is 9.47 Å². The first-order valence-electron chi connectivity index (χ1n) is 15.4. The molecule has 0 bridgehead atoms. The molecule has 1 spiro atoms. The lowest BCUT2D eigenvalue weighted by Gasteiger charge is -2.41. The lowest BCUT2D eigenvalue weighted by atomic mass is 9.73. The third kappa shape index (κ3) is 5.57. The number of hydrogen-bond acceptors (Lipinski definition) is 7. The molecule has 4 aliphatic heterocycles. The van der Waals surface area contributed by atoms with Crippen LogP contribution in [0.2, 0.25) is 0 Å². The van der Waals surface area contributed by atoms with Crippen LogP contribution in [0.4, 0.5) is 10.1 Å². The van der Waals surface area contributed by atoms with Crippen molar-refractivity contribution in [1.82, 2.24) is 15.1 Å². The Morgan fingerprint density at radius 1 is 1.19 bits per heavy atom. The number of amides is 2. The topological polar surface area (TPSA) is 91.4 Å². The van der Waals surface area contributed by atoms with Gasteiger partial charge in [-0.1, -0.05) is 6.07 Å². The molecule has 9 nitrogen and oxygen atoms in total. The number of nitrogens with zero attached hydrogens (tertiary/aromatic N) is 3.